The third-order valence-electron chi connectivity index (χ3n) is 4.88. The summed E-state index contributed by atoms with van der Waals surface area (Å²) in [5.41, 5.74) is 2.44. The Hall–Kier alpha value is -2.65. The average molecular weight is 464 g/mol. The van der Waals surface area contributed by atoms with Crippen LogP contribution in [-0.4, -0.2) is 48.7 Å². The van der Waals surface area contributed by atoms with E-state index in [4.69, 9.17) is 0 Å². The molecule has 2 aromatic rings. The standard InChI is InChI=1S/C23H30FN3O4S/c1-15(2)21-20(9-7-6-8-19(29)14-16(3)28)22(17-10-12-18(24)13-11-17)26-23(25-21)27(4)32(5,30)31/h7,9-13,15,19,29H,6,8,14H2,1-5H3/b9-7+. The number of halogens is 1. The highest BCUT2D eigenvalue weighted by molar-refractivity contribution is 7.92. The quantitative estimate of drug-likeness (QED) is 0.573. The molecular weight excluding hydrogens is 433 g/mol. The van der Waals surface area contributed by atoms with Gasteiger partial charge in [0.2, 0.25) is 16.0 Å². The van der Waals surface area contributed by atoms with Crippen LogP contribution in [0.4, 0.5) is 10.3 Å². The van der Waals surface area contributed by atoms with Gasteiger partial charge in [0.1, 0.15) is 11.6 Å². The van der Waals surface area contributed by atoms with Gasteiger partial charge in [-0.25, -0.2) is 27.1 Å². The molecule has 0 amide bonds. The molecule has 0 aliphatic carbocycles. The Morgan fingerprint density at radius 2 is 1.84 bits per heavy atom. The van der Waals surface area contributed by atoms with E-state index in [-0.39, 0.29) is 24.1 Å². The fourth-order valence-electron chi connectivity index (χ4n) is 3.12. The van der Waals surface area contributed by atoms with Crippen molar-refractivity contribution in [2.75, 3.05) is 17.6 Å². The largest absolute Gasteiger partial charge is 0.393 e. The van der Waals surface area contributed by atoms with E-state index in [9.17, 15) is 22.7 Å². The van der Waals surface area contributed by atoms with E-state index in [0.29, 0.717) is 35.4 Å². The Morgan fingerprint density at radius 1 is 1.22 bits per heavy atom. The monoisotopic (exact) mass is 463 g/mol. The third-order valence-corrected chi connectivity index (χ3v) is 6.04. The van der Waals surface area contributed by atoms with Crippen LogP contribution >= 0.6 is 0 Å². The number of aliphatic hydroxyl groups excluding tert-OH is 1. The van der Waals surface area contributed by atoms with Crippen molar-refractivity contribution in [1.82, 2.24) is 9.97 Å². The summed E-state index contributed by atoms with van der Waals surface area (Å²) in [6.07, 6.45) is 5.12. The maximum absolute atomic E-state index is 13.5. The number of carbonyl (C=O) groups is 1. The molecule has 0 aliphatic rings. The van der Waals surface area contributed by atoms with Crippen LogP contribution < -0.4 is 4.31 Å². The topological polar surface area (TPSA) is 100 Å². The third kappa shape index (κ3) is 6.93. The van der Waals surface area contributed by atoms with E-state index < -0.39 is 21.9 Å². The highest BCUT2D eigenvalue weighted by Gasteiger charge is 2.22. The number of benzene rings is 1. The van der Waals surface area contributed by atoms with Crippen LogP contribution in [0.15, 0.2) is 30.3 Å². The second kappa shape index (κ2) is 10.8. The number of sulfonamides is 1. The molecule has 1 aromatic carbocycles. The van der Waals surface area contributed by atoms with Gasteiger partial charge in [0, 0.05) is 24.6 Å². The van der Waals surface area contributed by atoms with Gasteiger partial charge in [-0.2, -0.15) is 0 Å². The first-order valence-corrected chi connectivity index (χ1v) is 12.2. The summed E-state index contributed by atoms with van der Waals surface area (Å²) in [6, 6.07) is 5.80. The number of Topliss-reactive ketones (excluding diaryl/α,β-unsaturated/α-hetero) is 1. The molecule has 0 saturated carbocycles. The molecule has 0 aliphatic heterocycles. The number of ketones is 1. The number of aromatic nitrogens is 2. The minimum Gasteiger partial charge on any atom is -0.393 e. The molecule has 1 aromatic heterocycles. The van der Waals surface area contributed by atoms with Crippen LogP contribution in [0.25, 0.3) is 17.3 Å². The van der Waals surface area contributed by atoms with E-state index in [1.807, 2.05) is 26.0 Å². The Labute approximate surface area is 189 Å². The molecule has 0 saturated heterocycles. The van der Waals surface area contributed by atoms with Crippen LogP contribution in [-0.2, 0) is 14.8 Å². The summed E-state index contributed by atoms with van der Waals surface area (Å²) in [4.78, 5) is 20.2. The zero-order chi connectivity index (χ0) is 24.1. The molecule has 174 valence electrons. The second-order valence-electron chi connectivity index (χ2n) is 8.10. The maximum Gasteiger partial charge on any atom is 0.239 e. The minimum absolute atomic E-state index is 0.0320. The van der Waals surface area contributed by atoms with Gasteiger partial charge in [-0.3, -0.25) is 4.79 Å². The lowest BCUT2D eigenvalue weighted by molar-refractivity contribution is -0.118. The summed E-state index contributed by atoms with van der Waals surface area (Å²) in [5.74, 6) is -0.477. The van der Waals surface area contributed by atoms with Crippen molar-refractivity contribution in [3.8, 4) is 11.3 Å². The lowest BCUT2D eigenvalue weighted by Crippen LogP contribution is -2.27. The fourth-order valence-corrected chi connectivity index (χ4v) is 3.50. The van der Waals surface area contributed by atoms with Crippen molar-refractivity contribution in [3.63, 3.8) is 0 Å². The van der Waals surface area contributed by atoms with Crippen molar-refractivity contribution in [1.29, 1.82) is 0 Å². The fraction of sp³-hybridized carbons (Fsp3) is 0.435. The summed E-state index contributed by atoms with van der Waals surface area (Å²) in [5, 5.41) is 9.91. The smallest absolute Gasteiger partial charge is 0.239 e. The highest BCUT2D eigenvalue weighted by Crippen LogP contribution is 2.31. The van der Waals surface area contributed by atoms with Crippen molar-refractivity contribution in [3.05, 3.63) is 47.4 Å². The van der Waals surface area contributed by atoms with Gasteiger partial charge in [0.15, 0.2) is 0 Å². The molecule has 2 rings (SSSR count). The van der Waals surface area contributed by atoms with Gasteiger partial charge in [0.05, 0.1) is 23.7 Å². The van der Waals surface area contributed by atoms with Gasteiger partial charge >= 0.3 is 0 Å². The molecule has 0 bridgehead atoms. The first-order chi connectivity index (χ1) is 14.9. The van der Waals surface area contributed by atoms with Gasteiger partial charge in [-0.15, -0.1) is 0 Å². The van der Waals surface area contributed by atoms with Crippen molar-refractivity contribution in [2.24, 2.45) is 0 Å². The number of rotatable bonds is 10. The molecule has 1 unspecified atom stereocenters. The molecular formula is C23H30FN3O4S. The number of allylic oxidation sites excluding steroid dienone is 1. The molecule has 1 atom stereocenters. The van der Waals surface area contributed by atoms with E-state index >= 15 is 0 Å². The molecule has 7 nitrogen and oxygen atoms in total. The number of nitrogens with zero attached hydrogens (tertiary/aromatic N) is 3. The zero-order valence-electron chi connectivity index (χ0n) is 19.0. The number of hydrogen-bond acceptors (Lipinski definition) is 6. The zero-order valence-corrected chi connectivity index (χ0v) is 19.9. The minimum atomic E-state index is -3.58. The number of anilines is 1. The Balaban J connectivity index is 2.55. The summed E-state index contributed by atoms with van der Waals surface area (Å²) in [6.45, 7) is 5.32. The number of hydrogen-bond donors (Lipinski definition) is 1. The van der Waals surface area contributed by atoms with E-state index in [1.165, 1.54) is 26.1 Å². The molecule has 1 N–H and O–H groups in total. The van der Waals surface area contributed by atoms with Crippen LogP contribution in [0.5, 0.6) is 0 Å². The number of carbonyl (C=O) groups excluding carboxylic acids is 1. The normalized spacial score (nSPS) is 13.0. The first-order valence-electron chi connectivity index (χ1n) is 10.4. The van der Waals surface area contributed by atoms with Crippen LogP contribution in [0.1, 0.15) is 57.2 Å². The van der Waals surface area contributed by atoms with E-state index in [0.717, 1.165) is 10.6 Å². The predicted octanol–water partition coefficient (Wildman–Crippen LogP) is 3.94. The molecule has 9 heteroatoms. The first kappa shape index (κ1) is 25.6. The van der Waals surface area contributed by atoms with Crippen LogP contribution in [0.3, 0.4) is 0 Å². The SMILES string of the molecule is CC(=O)CC(O)CC/C=C/c1c(-c2ccc(F)cc2)nc(N(C)S(C)(=O)=O)nc1C(C)C. The molecule has 0 spiro atoms. The summed E-state index contributed by atoms with van der Waals surface area (Å²) < 4.78 is 38.7. The van der Waals surface area contributed by atoms with Crippen LogP contribution in [0, 0.1) is 5.82 Å². The lowest BCUT2D eigenvalue weighted by atomic mass is 9.97. The van der Waals surface area contributed by atoms with E-state index in [2.05, 4.69) is 9.97 Å². The highest BCUT2D eigenvalue weighted by atomic mass is 32.2. The Morgan fingerprint density at radius 3 is 2.38 bits per heavy atom. The van der Waals surface area contributed by atoms with Crippen molar-refractivity contribution < 1.29 is 22.7 Å². The average Bonchev–Trinajstić information content (AvgIpc) is 2.69. The van der Waals surface area contributed by atoms with Crippen molar-refractivity contribution >= 4 is 27.8 Å². The Bertz CT molecular complexity index is 1080. The van der Waals surface area contributed by atoms with E-state index in [1.54, 1.807) is 12.1 Å². The maximum atomic E-state index is 13.5. The molecule has 0 fully saturated rings. The molecule has 1 heterocycles. The summed E-state index contributed by atoms with van der Waals surface area (Å²) in [7, 11) is -2.20. The second-order valence-corrected chi connectivity index (χ2v) is 10.1. The summed E-state index contributed by atoms with van der Waals surface area (Å²) >= 11 is 0. The van der Waals surface area contributed by atoms with Crippen molar-refractivity contribution in [2.45, 2.75) is 52.1 Å². The van der Waals surface area contributed by atoms with Gasteiger partial charge in [-0.1, -0.05) is 26.0 Å². The van der Waals surface area contributed by atoms with Crippen LogP contribution in [0.2, 0.25) is 0 Å². The van der Waals surface area contributed by atoms with Gasteiger partial charge < -0.3 is 5.11 Å². The predicted molar refractivity (Wildman–Crippen MR) is 124 cm³/mol. The van der Waals surface area contributed by atoms with Gasteiger partial charge in [0.25, 0.3) is 0 Å². The molecule has 32 heavy (non-hydrogen) atoms. The Kier molecular flexibility index (Phi) is 8.63. The van der Waals surface area contributed by atoms with Gasteiger partial charge in [-0.05, 0) is 49.9 Å². The number of aliphatic hydroxyl groups is 1. The lowest BCUT2D eigenvalue weighted by Gasteiger charge is -2.20. The molecule has 0 radical (unpaired) electrons.